The molecule has 0 bridgehead atoms. The molecule has 1 heteroatoms. The number of hydrogen-bond acceptors (Lipinski definition) is 1. The van der Waals surface area contributed by atoms with Gasteiger partial charge in [0.2, 0.25) is 0 Å². The minimum absolute atomic E-state index is 0.819. The molecule has 0 saturated carbocycles. The van der Waals surface area contributed by atoms with Gasteiger partial charge in [0.05, 0.1) is 0 Å². The van der Waals surface area contributed by atoms with Gasteiger partial charge in [-0.1, -0.05) is 13.8 Å². The molecular formula is C8H16N. The van der Waals surface area contributed by atoms with Crippen LogP contribution < -0.4 is 0 Å². The van der Waals surface area contributed by atoms with Gasteiger partial charge < -0.3 is 0 Å². The Balaban J connectivity index is 2.11. The van der Waals surface area contributed by atoms with Crippen molar-refractivity contribution in [1.82, 2.24) is 4.90 Å². The summed E-state index contributed by atoms with van der Waals surface area (Å²) in [6, 6.07) is 0. The molecule has 0 amide bonds. The highest BCUT2D eigenvalue weighted by Crippen LogP contribution is 2.13. The molecule has 0 aromatic heterocycles. The first kappa shape index (κ1) is 7.07. The van der Waals surface area contributed by atoms with E-state index in [4.69, 9.17) is 0 Å². The number of nitrogens with zero attached hydrogens (tertiary/aromatic N) is 1. The van der Waals surface area contributed by atoms with Crippen LogP contribution in [0.1, 0.15) is 26.7 Å². The van der Waals surface area contributed by atoms with E-state index in [1.165, 1.54) is 25.9 Å². The number of hydrogen-bond donors (Lipinski definition) is 0. The summed E-state index contributed by atoms with van der Waals surface area (Å²) in [6.45, 7) is 9.41. The molecule has 1 aliphatic rings. The van der Waals surface area contributed by atoms with Gasteiger partial charge in [-0.2, -0.15) is 0 Å². The molecule has 1 heterocycles. The molecule has 1 radical (unpaired) electrons. The first-order chi connectivity index (χ1) is 4.29. The maximum atomic E-state index is 2.44. The van der Waals surface area contributed by atoms with Gasteiger partial charge in [0, 0.05) is 13.1 Å². The Bertz CT molecular complexity index is 72.6. The van der Waals surface area contributed by atoms with E-state index in [1.54, 1.807) is 0 Å². The summed E-state index contributed by atoms with van der Waals surface area (Å²) in [5.41, 5.74) is 0. The summed E-state index contributed by atoms with van der Waals surface area (Å²) in [5.74, 6) is 0.819. The van der Waals surface area contributed by atoms with Gasteiger partial charge in [-0.05, 0) is 25.3 Å². The third-order valence-electron chi connectivity index (χ3n) is 1.64. The summed E-state index contributed by atoms with van der Waals surface area (Å²) in [5, 5.41) is 0. The van der Waals surface area contributed by atoms with E-state index >= 15 is 0 Å². The molecule has 53 valence electrons. The summed E-state index contributed by atoms with van der Waals surface area (Å²) in [7, 11) is 0. The topological polar surface area (TPSA) is 3.24 Å². The van der Waals surface area contributed by atoms with Crippen LogP contribution in [0, 0.1) is 12.5 Å². The lowest BCUT2D eigenvalue weighted by atomic mass is 10.2. The van der Waals surface area contributed by atoms with E-state index in [9.17, 15) is 0 Å². The molecule has 1 saturated heterocycles. The fourth-order valence-electron chi connectivity index (χ4n) is 1.29. The Morgan fingerprint density at radius 3 is 2.78 bits per heavy atom. The van der Waals surface area contributed by atoms with Crippen molar-refractivity contribution in [2.75, 3.05) is 13.1 Å². The minimum Gasteiger partial charge on any atom is -0.299 e. The maximum absolute atomic E-state index is 2.44. The molecule has 0 aromatic carbocycles. The van der Waals surface area contributed by atoms with Gasteiger partial charge in [-0.3, -0.25) is 4.90 Å². The Hall–Kier alpha value is -0.0400. The molecule has 1 aliphatic heterocycles. The van der Waals surface area contributed by atoms with Crippen molar-refractivity contribution in [1.29, 1.82) is 0 Å². The zero-order chi connectivity index (χ0) is 6.69. The van der Waals surface area contributed by atoms with E-state index in [0.29, 0.717) is 0 Å². The van der Waals surface area contributed by atoms with Crippen LogP contribution in [0.25, 0.3) is 0 Å². The molecule has 0 N–H and O–H groups in total. The molecule has 0 atom stereocenters. The van der Waals surface area contributed by atoms with Crippen LogP contribution in [0.5, 0.6) is 0 Å². The van der Waals surface area contributed by atoms with Crippen LogP contribution in [0.15, 0.2) is 0 Å². The van der Waals surface area contributed by atoms with E-state index in [2.05, 4.69) is 25.3 Å². The van der Waals surface area contributed by atoms with E-state index in [0.717, 1.165) is 5.92 Å². The standard InChI is InChI=1S/C8H16N/c1-8(2)7-9-5-3-4-6-9/h5,8H,3-4,6-7H2,1-2H3. The van der Waals surface area contributed by atoms with E-state index in [1.807, 2.05) is 0 Å². The second-order valence-corrected chi connectivity index (χ2v) is 3.21. The molecule has 0 spiro atoms. The summed E-state index contributed by atoms with van der Waals surface area (Å²) in [6.07, 6.45) is 2.67. The minimum atomic E-state index is 0.819. The molecule has 0 aliphatic carbocycles. The first-order valence-corrected chi connectivity index (χ1v) is 3.86. The third-order valence-corrected chi connectivity index (χ3v) is 1.64. The Morgan fingerprint density at radius 2 is 2.33 bits per heavy atom. The Labute approximate surface area is 58.0 Å². The lowest BCUT2D eigenvalue weighted by Gasteiger charge is -2.15. The number of rotatable bonds is 2. The van der Waals surface area contributed by atoms with Gasteiger partial charge in [-0.15, -0.1) is 0 Å². The van der Waals surface area contributed by atoms with Crippen LogP contribution in [-0.2, 0) is 0 Å². The van der Waals surface area contributed by atoms with Crippen molar-refractivity contribution >= 4 is 0 Å². The highest BCUT2D eigenvalue weighted by Gasteiger charge is 2.11. The van der Waals surface area contributed by atoms with Crippen molar-refractivity contribution in [3.8, 4) is 0 Å². The highest BCUT2D eigenvalue weighted by atomic mass is 15.1. The van der Waals surface area contributed by atoms with Gasteiger partial charge >= 0.3 is 0 Å². The lowest BCUT2D eigenvalue weighted by Crippen LogP contribution is -2.20. The summed E-state index contributed by atoms with van der Waals surface area (Å²) in [4.78, 5) is 2.44. The van der Waals surface area contributed by atoms with E-state index in [-0.39, 0.29) is 0 Å². The van der Waals surface area contributed by atoms with Gasteiger partial charge in [0.1, 0.15) is 0 Å². The second-order valence-electron chi connectivity index (χ2n) is 3.21. The molecule has 0 unspecified atom stereocenters. The normalized spacial score (nSPS) is 21.7. The lowest BCUT2D eigenvalue weighted by molar-refractivity contribution is 0.337. The van der Waals surface area contributed by atoms with Crippen LogP contribution in [0.2, 0.25) is 0 Å². The van der Waals surface area contributed by atoms with Crippen molar-refractivity contribution in [3.63, 3.8) is 0 Å². The molecular weight excluding hydrogens is 110 g/mol. The second kappa shape index (κ2) is 3.21. The van der Waals surface area contributed by atoms with Crippen molar-refractivity contribution in [2.45, 2.75) is 26.7 Å². The third kappa shape index (κ3) is 2.35. The van der Waals surface area contributed by atoms with Gasteiger partial charge in [0.15, 0.2) is 0 Å². The van der Waals surface area contributed by atoms with Crippen LogP contribution in [0.3, 0.4) is 0 Å². The largest absolute Gasteiger partial charge is 0.299 e. The van der Waals surface area contributed by atoms with Gasteiger partial charge in [-0.25, -0.2) is 0 Å². The molecule has 1 fully saturated rings. The van der Waals surface area contributed by atoms with E-state index < -0.39 is 0 Å². The van der Waals surface area contributed by atoms with Crippen LogP contribution in [0.4, 0.5) is 0 Å². The van der Waals surface area contributed by atoms with Crippen LogP contribution in [-0.4, -0.2) is 18.0 Å². The molecule has 1 nitrogen and oxygen atoms in total. The molecule has 0 aromatic rings. The average Bonchev–Trinajstić information content (AvgIpc) is 2.15. The van der Waals surface area contributed by atoms with Crippen LogP contribution >= 0.6 is 0 Å². The number of likely N-dealkylation sites (tertiary alicyclic amines) is 1. The SMILES string of the molecule is CC(C)CN1[CH]CCC1. The predicted octanol–water partition coefficient (Wildman–Crippen LogP) is 1.90. The zero-order valence-corrected chi connectivity index (χ0v) is 6.43. The summed E-state index contributed by atoms with van der Waals surface area (Å²) < 4.78 is 0. The molecule has 1 rings (SSSR count). The maximum Gasteiger partial charge on any atom is 0.0252 e. The Morgan fingerprint density at radius 1 is 1.56 bits per heavy atom. The highest BCUT2D eigenvalue weighted by molar-refractivity contribution is 4.76. The molecule has 9 heavy (non-hydrogen) atoms. The predicted molar refractivity (Wildman–Crippen MR) is 39.9 cm³/mol. The quantitative estimate of drug-likeness (QED) is 0.546. The smallest absolute Gasteiger partial charge is 0.0252 e. The van der Waals surface area contributed by atoms with Crippen molar-refractivity contribution in [3.05, 3.63) is 6.54 Å². The zero-order valence-electron chi connectivity index (χ0n) is 6.43. The van der Waals surface area contributed by atoms with Gasteiger partial charge in [0.25, 0.3) is 0 Å². The fraction of sp³-hybridized carbons (Fsp3) is 0.875. The van der Waals surface area contributed by atoms with Crippen molar-refractivity contribution in [2.24, 2.45) is 5.92 Å². The first-order valence-electron chi connectivity index (χ1n) is 3.86. The monoisotopic (exact) mass is 126 g/mol. The summed E-state index contributed by atoms with van der Waals surface area (Å²) >= 11 is 0. The van der Waals surface area contributed by atoms with Crippen molar-refractivity contribution < 1.29 is 0 Å². The Kier molecular flexibility index (Phi) is 2.52. The average molecular weight is 126 g/mol. The fourth-order valence-corrected chi connectivity index (χ4v) is 1.29.